The van der Waals surface area contributed by atoms with E-state index in [0.717, 1.165) is 0 Å². The summed E-state index contributed by atoms with van der Waals surface area (Å²) < 4.78 is 81.2. The third kappa shape index (κ3) is 5.80. The van der Waals surface area contributed by atoms with Gasteiger partial charge in [0.2, 0.25) is 29.1 Å². The number of hydrogen-bond donors (Lipinski definition) is 2. The van der Waals surface area contributed by atoms with Gasteiger partial charge in [-0.15, -0.1) is 0 Å². The minimum absolute atomic E-state index is 0.271. The molecule has 2 N–H and O–H groups in total. The van der Waals surface area contributed by atoms with E-state index >= 15 is 0 Å². The summed E-state index contributed by atoms with van der Waals surface area (Å²) in [6.45, 7) is 2.46. The van der Waals surface area contributed by atoms with Crippen molar-refractivity contribution in [3.63, 3.8) is 0 Å². The van der Waals surface area contributed by atoms with Crippen LogP contribution >= 0.6 is 0 Å². The van der Waals surface area contributed by atoms with E-state index in [-0.39, 0.29) is 12.8 Å². The second-order valence-corrected chi connectivity index (χ2v) is 5.10. The molecule has 0 bridgehead atoms. The summed E-state index contributed by atoms with van der Waals surface area (Å²) in [7, 11) is -1.91. The van der Waals surface area contributed by atoms with Crippen molar-refractivity contribution in [3.8, 4) is 5.75 Å². The van der Waals surface area contributed by atoms with Crippen LogP contribution in [0.3, 0.4) is 0 Å². The van der Waals surface area contributed by atoms with E-state index in [1.165, 1.54) is 0 Å². The SMILES string of the molecule is CCC(O)COB(OCC(O)CC)Oc1c(F)c(F)c(F)c(F)c1F. The molecule has 0 spiro atoms. The fourth-order valence-corrected chi connectivity index (χ4v) is 1.52. The molecule has 0 fully saturated rings. The molecule has 0 heterocycles. The predicted octanol–water partition coefficient (Wildman–Crippen LogP) is 2.32. The smallest absolute Gasteiger partial charge is 0.507 e. The van der Waals surface area contributed by atoms with Gasteiger partial charge in [0.05, 0.1) is 25.4 Å². The Morgan fingerprint density at radius 2 is 1.12 bits per heavy atom. The van der Waals surface area contributed by atoms with Crippen LogP contribution in [0.25, 0.3) is 0 Å². The minimum Gasteiger partial charge on any atom is -0.507 e. The molecule has 1 aromatic carbocycles. The van der Waals surface area contributed by atoms with Crippen molar-refractivity contribution in [2.75, 3.05) is 13.2 Å². The van der Waals surface area contributed by atoms with Crippen LogP contribution in [0.15, 0.2) is 0 Å². The van der Waals surface area contributed by atoms with Crippen molar-refractivity contribution in [2.24, 2.45) is 0 Å². The molecule has 0 aliphatic rings. The van der Waals surface area contributed by atoms with Crippen molar-refractivity contribution in [1.82, 2.24) is 0 Å². The van der Waals surface area contributed by atoms with Crippen molar-refractivity contribution < 1.29 is 46.1 Å². The molecule has 2 unspecified atom stereocenters. The second kappa shape index (κ2) is 9.90. The highest BCUT2D eigenvalue weighted by atomic mass is 19.2. The Morgan fingerprint density at radius 3 is 1.48 bits per heavy atom. The fourth-order valence-electron chi connectivity index (χ4n) is 1.52. The number of aliphatic hydroxyl groups is 2. The maximum atomic E-state index is 13.6. The highest BCUT2D eigenvalue weighted by Crippen LogP contribution is 2.29. The van der Waals surface area contributed by atoms with Gasteiger partial charge in [-0.25, -0.2) is 13.2 Å². The van der Waals surface area contributed by atoms with Crippen LogP contribution in [-0.2, 0) is 9.31 Å². The molecule has 0 radical (unpaired) electrons. The highest BCUT2D eigenvalue weighted by molar-refractivity contribution is 6.37. The topological polar surface area (TPSA) is 68.2 Å². The molecule has 142 valence electrons. The Kier molecular flexibility index (Phi) is 8.56. The summed E-state index contributed by atoms with van der Waals surface area (Å²) in [6.07, 6.45) is -1.40. The zero-order valence-electron chi connectivity index (χ0n) is 13.6. The molecule has 0 saturated heterocycles. The largest absolute Gasteiger partial charge is 0.713 e. The van der Waals surface area contributed by atoms with E-state index in [0.29, 0.717) is 0 Å². The molecule has 0 aliphatic heterocycles. The molecule has 0 aromatic heterocycles. The third-order valence-corrected chi connectivity index (χ3v) is 3.18. The van der Waals surface area contributed by atoms with Crippen molar-refractivity contribution in [1.29, 1.82) is 0 Å². The summed E-state index contributed by atoms with van der Waals surface area (Å²) in [6, 6.07) is 0. The van der Waals surface area contributed by atoms with E-state index in [2.05, 4.69) is 4.65 Å². The van der Waals surface area contributed by atoms with Crippen molar-refractivity contribution in [3.05, 3.63) is 29.1 Å². The molecule has 11 heteroatoms. The lowest BCUT2D eigenvalue weighted by Crippen LogP contribution is -2.36. The Hall–Kier alpha value is -1.43. The lowest BCUT2D eigenvalue weighted by atomic mass is 10.1. The second-order valence-electron chi connectivity index (χ2n) is 5.10. The number of aliphatic hydroxyl groups excluding tert-OH is 2. The van der Waals surface area contributed by atoms with Crippen LogP contribution in [0.1, 0.15) is 26.7 Å². The normalized spacial score (nSPS) is 13.6. The van der Waals surface area contributed by atoms with E-state index in [9.17, 15) is 32.2 Å². The number of halogens is 5. The molecule has 0 saturated carbocycles. The van der Waals surface area contributed by atoms with E-state index in [4.69, 9.17) is 9.31 Å². The average molecular weight is 372 g/mol. The molecule has 0 aliphatic carbocycles. The first-order chi connectivity index (χ1) is 11.7. The Bertz CT molecular complexity index is 534. The van der Waals surface area contributed by atoms with Gasteiger partial charge >= 0.3 is 7.32 Å². The van der Waals surface area contributed by atoms with E-state index in [1.54, 1.807) is 13.8 Å². The van der Waals surface area contributed by atoms with E-state index < -0.39 is 67.6 Å². The van der Waals surface area contributed by atoms with E-state index in [1.807, 2.05) is 0 Å². The molecule has 5 nitrogen and oxygen atoms in total. The molecule has 0 amide bonds. The quantitative estimate of drug-likeness (QED) is 0.286. The number of hydrogen-bond acceptors (Lipinski definition) is 5. The lowest BCUT2D eigenvalue weighted by Gasteiger charge is -2.19. The molecule has 2 atom stereocenters. The van der Waals surface area contributed by atoms with Gasteiger partial charge in [0.25, 0.3) is 0 Å². The maximum absolute atomic E-state index is 13.6. The van der Waals surface area contributed by atoms with Crippen LogP contribution in [0.5, 0.6) is 5.75 Å². The Morgan fingerprint density at radius 1 is 0.760 bits per heavy atom. The third-order valence-electron chi connectivity index (χ3n) is 3.18. The molecule has 25 heavy (non-hydrogen) atoms. The van der Waals surface area contributed by atoms with Gasteiger partial charge in [-0.2, -0.15) is 8.78 Å². The zero-order valence-corrected chi connectivity index (χ0v) is 13.6. The van der Waals surface area contributed by atoms with Gasteiger partial charge in [0, 0.05) is 0 Å². The number of rotatable bonds is 10. The van der Waals surface area contributed by atoms with Gasteiger partial charge in [-0.05, 0) is 12.8 Å². The highest BCUT2D eigenvalue weighted by Gasteiger charge is 2.33. The van der Waals surface area contributed by atoms with Crippen LogP contribution in [0, 0.1) is 29.1 Å². The summed E-state index contributed by atoms with van der Waals surface area (Å²) in [5.41, 5.74) is 0. The van der Waals surface area contributed by atoms with Gasteiger partial charge in [-0.1, -0.05) is 13.8 Å². The van der Waals surface area contributed by atoms with Crippen molar-refractivity contribution in [2.45, 2.75) is 38.9 Å². The fraction of sp³-hybridized carbons (Fsp3) is 0.571. The maximum Gasteiger partial charge on any atom is 0.713 e. The molecular formula is C14H18BF5O5. The lowest BCUT2D eigenvalue weighted by molar-refractivity contribution is 0.0369. The monoisotopic (exact) mass is 372 g/mol. The first-order valence-corrected chi connectivity index (χ1v) is 7.50. The van der Waals surface area contributed by atoms with Gasteiger partial charge < -0.3 is 24.2 Å². The standard InChI is InChI=1S/C14H18BF5O5/c1-3-7(21)5-23-15(24-6-8(22)4-2)25-14-12(19)10(17)9(16)11(18)13(14)20/h7-8,21-22H,3-6H2,1-2H3. The average Bonchev–Trinajstić information content (AvgIpc) is 2.62. The first-order valence-electron chi connectivity index (χ1n) is 7.50. The van der Waals surface area contributed by atoms with Crippen LogP contribution in [0.4, 0.5) is 22.0 Å². The van der Waals surface area contributed by atoms with Gasteiger partial charge in [0.1, 0.15) is 0 Å². The zero-order chi connectivity index (χ0) is 19.1. The van der Waals surface area contributed by atoms with Crippen LogP contribution in [-0.4, -0.2) is 43.0 Å². The van der Waals surface area contributed by atoms with Gasteiger partial charge in [-0.3, -0.25) is 0 Å². The molecule has 1 rings (SSSR count). The number of benzene rings is 1. The summed E-state index contributed by atoms with van der Waals surface area (Å²) in [5.74, 6) is -12.7. The van der Waals surface area contributed by atoms with Crippen LogP contribution < -0.4 is 4.65 Å². The van der Waals surface area contributed by atoms with Crippen LogP contribution in [0.2, 0.25) is 0 Å². The Balaban J connectivity index is 2.99. The first kappa shape index (κ1) is 21.6. The summed E-state index contributed by atoms with van der Waals surface area (Å²) in [5, 5.41) is 18.9. The predicted molar refractivity (Wildman–Crippen MR) is 77.1 cm³/mol. The minimum atomic E-state index is -2.33. The summed E-state index contributed by atoms with van der Waals surface area (Å²) in [4.78, 5) is 0. The molecular weight excluding hydrogens is 354 g/mol. The molecule has 1 aromatic rings. The van der Waals surface area contributed by atoms with Gasteiger partial charge in [0.15, 0.2) is 5.75 Å². The summed E-state index contributed by atoms with van der Waals surface area (Å²) >= 11 is 0. The Labute approximate surface area is 141 Å². The van der Waals surface area contributed by atoms with Crippen molar-refractivity contribution >= 4 is 7.32 Å².